The predicted molar refractivity (Wildman–Crippen MR) is 86.1 cm³/mol. The molecule has 0 heterocycles. The summed E-state index contributed by atoms with van der Waals surface area (Å²) in [6.45, 7) is 2.23. The zero-order valence-electron chi connectivity index (χ0n) is 12.6. The lowest BCUT2D eigenvalue weighted by Gasteiger charge is -2.20. The first kappa shape index (κ1) is 15.6. The Bertz CT molecular complexity index is 656. The van der Waals surface area contributed by atoms with Crippen LogP contribution in [0.5, 0.6) is 5.75 Å². The van der Waals surface area contributed by atoms with Crippen LogP contribution in [0.4, 0.5) is 11.4 Å². The van der Waals surface area contributed by atoms with Gasteiger partial charge >= 0.3 is 11.8 Å². The van der Waals surface area contributed by atoms with Gasteiger partial charge in [0.1, 0.15) is 5.75 Å². The van der Waals surface area contributed by atoms with E-state index in [1.165, 1.54) is 4.90 Å². The molecule has 0 bridgehead atoms. The van der Waals surface area contributed by atoms with E-state index in [0.717, 1.165) is 0 Å². The van der Waals surface area contributed by atoms with Crippen molar-refractivity contribution < 1.29 is 14.3 Å². The Morgan fingerprint density at radius 2 is 1.82 bits per heavy atom. The van der Waals surface area contributed by atoms with E-state index in [-0.39, 0.29) is 0 Å². The molecule has 1 N–H and O–H groups in total. The molecule has 0 aliphatic carbocycles. The van der Waals surface area contributed by atoms with Crippen molar-refractivity contribution >= 4 is 23.2 Å². The number of hydrogen-bond donors (Lipinski definition) is 1. The van der Waals surface area contributed by atoms with E-state index in [9.17, 15) is 9.59 Å². The van der Waals surface area contributed by atoms with E-state index >= 15 is 0 Å². The topological polar surface area (TPSA) is 58.6 Å². The van der Waals surface area contributed by atoms with E-state index in [1.807, 2.05) is 25.1 Å². The molecule has 0 spiro atoms. The minimum Gasteiger partial charge on any atom is -0.497 e. The third-order valence-electron chi connectivity index (χ3n) is 3.15. The van der Waals surface area contributed by atoms with E-state index in [4.69, 9.17) is 4.74 Å². The van der Waals surface area contributed by atoms with E-state index in [2.05, 4.69) is 5.32 Å². The number of nitrogens with one attached hydrogen (secondary N) is 1. The molecule has 114 valence electrons. The molecule has 5 nitrogen and oxygen atoms in total. The first-order valence-electron chi connectivity index (χ1n) is 6.97. The molecule has 22 heavy (non-hydrogen) atoms. The van der Waals surface area contributed by atoms with Crippen molar-refractivity contribution in [2.24, 2.45) is 0 Å². The fraction of sp³-hybridized carbons (Fsp3) is 0.176. The second kappa shape index (κ2) is 7.26. The van der Waals surface area contributed by atoms with Crippen LogP contribution >= 0.6 is 0 Å². The molecular weight excluding hydrogens is 280 g/mol. The van der Waals surface area contributed by atoms with Crippen molar-refractivity contribution in [3.05, 3.63) is 54.6 Å². The van der Waals surface area contributed by atoms with Gasteiger partial charge in [0, 0.05) is 24.0 Å². The lowest BCUT2D eigenvalue weighted by atomic mass is 10.2. The van der Waals surface area contributed by atoms with Crippen LogP contribution in [0.1, 0.15) is 6.92 Å². The van der Waals surface area contributed by atoms with Gasteiger partial charge in [-0.05, 0) is 31.2 Å². The van der Waals surface area contributed by atoms with Crippen LogP contribution < -0.4 is 15.0 Å². The maximum atomic E-state index is 12.3. The van der Waals surface area contributed by atoms with Crippen molar-refractivity contribution in [3.63, 3.8) is 0 Å². The number of rotatable bonds is 4. The molecule has 2 amide bonds. The Labute approximate surface area is 129 Å². The molecule has 0 aromatic heterocycles. The molecule has 0 saturated carbocycles. The van der Waals surface area contributed by atoms with Crippen LogP contribution in [0, 0.1) is 0 Å². The summed E-state index contributed by atoms with van der Waals surface area (Å²) in [4.78, 5) is 25.9. The van der Waals surface area contributed by atoms with Crippen LogP contribution in [0.15, 0.2) is 54.6 Å². The quantitative estimate of drug-likeness (QED) is 0.883. The van der Waals surface area contributed by atoms with Gasteiger partial charge in [0.05, 0.1) is 7.11 Å². The highest BCUT2D eigenvalue weighted by Crippen LogP contribution is 2.18. The number of anilines is 2. The number of carbonyl (C=O) groups excluding carboxylic acids is 2. The van der Waals surface area contributed by atoms with E-state index in [1.54, 1.807) is 43.5 Å². The second-order valence-corrected chi connectivity index (χ2v) is 4.57. The summed E-state index contributed by atoms with van der Waals surface area (Å²) >= 11 is 0. The maximum absolute atomic E-state index is 12.3. The number of benzene rings is 2. The fourth-order valence-corrected chi connectivity index (χ4v) is 2.06. The summed E-state index contributed by atoms with van der Waals surface area (Å²) in [5, 5.41) is 2.59. The molecule has 0 fully saturated rings. The Balaban J connectivity index is 2.12. The summed E-state index contributed by atoms with van der Waals surface area (Å²) in [6, 6.07) is 16.0. The third kappa shape index (κ3) is 3.63. The van der Waals surface area contributed by atoms with Gasteiger partial charge in [0.2, 0.25) is 0 Å². The first-order valence-corrected chi connectivity index (χ1v) is 6.97. The number of carbonyl (C=O) groups is 2. The first-order chi connectivity index (χ1) is 10.7. The number of para-hydroxylation sites is 1. The van der Waals surface area contributed by atoms with Crippen LogP contribution in [-0.2, 0) is 9.59 Å². The molecule has 0 atom stereocenters. The minimum absolute atomic E-state index is 0.411. The van der Waals surface area contributed by atoms with Crippen LogP contribution in [0.2, 0.25) is 0 Å². The van der Waals surface area contributed by atoms with Gasteiger partial charge < -0.3 is 15.0 Å². The Morgan fingerprint density at radius 1 is 1.09 bits per heavy atom. The molecular formula is C17H18N2O3. The number of methoxy groups -OCH3 is 1. The van der Waals surface area contributed by atoms with E-state index in [0.29, 0.717) is 23.7 Å². The molecule has 0 saturated heterocycles. The average Bonchev–Trinajstić information content (AvgIpc) is 2.56. The average molecular weight is 298 g/mol. The predicted octanol–water partition coefficient (Wildman–Crippen LogP) is 2.69. The summed E-state index contributed by atoms with van der Waals surface area (Å²) < 4.78 is 5.09. The molecule has 0 aliphatic heterocycles. The van der Waals surface area contributed by atoms with Gasteiger partial charge in [-0.1, -0.05) is 24.3 Å². The second-order valence-electron chi connectivity index (χ2n) is 4.57. The van der Waals surface area contributed by atoms with E-state index < -0.39 is 11.8 Å². The van der Waals surface area contributed by atoms with Gasteiger partial charge in [-0.3, -0.25) is 9.59 Å². The molecule has 2 aromatic carbocycles. The lowest BCUT2D eigenvalue weighted by molar-refractivity contribution is -0.134. The highest BCUT2D eigenvalue weighted by Gasteiger charge is 2.22. The monoisotopic (exact) mass is 298 g/mol. The standard InChI is InChI=1S/C17H18N2O3/c1-3-19(14-9-5-4-6-10-14)17(21)16(20)18-13-8-7-11-15(12-13)22-2/h4-12H,3H2,1-2H3,(H,18,20). The molecule has 2 aromatic rings. The van der Waals surface area contributed by atoms with Crippen LogP contribution in [0.3, 0.4) is 0 Å². The van der Waals surface area contributed by atoms with Gasteiger partial charge in [0.15, 0.2) is 0 Å². The van der Waals surface area contributed by atoms with Crippen molar-refractivity contribution in [1.29, 1.82) is 0 Å². The number of likely N-dealkylation sites (N-methyl/N-ethyl adjacent to an activating group) is 1. The number of nitrogens with zero attached hydrogens (tertiary/aromatic N) is 1. The SMILES string of the molecule is CCN(C(=O)C(=O)Nc1cccc(OC)c1)c1ccccc1. The van der Waals surface area contributed by atoms with Gasteiger partial charge in [-0.15, -0.1) is 0 Å². The molecule has 0 radical (unpaired) electrons. The molecule has 0 aliphatic rings. The molecule has 0 unspecified atom stereocenters. The molecule has 2 rings (SSSR count). The minimum atomic E-state index is -0.682. The maximum Gasteiger partial charge on any atom is 0.316 e. The zero-order chi connectivity index (χ0) is 15.9. The van der Waals surface area contributed by atoms with Gasteiger partial charge in [-0.2, -0.15) is 0 Å². The Hall–Kier alpha value is -2.82. The van der Waals surface area contributed by atoms with Gasteiger partial charge in [0.25, 0.3) is 0 Å². The summed E-state index contributed by atoms with van der Waals surface area (Å²) in [6.07, 6.45) is 0. The fourth-order valence-electron chi connectivity index (χ4n) is 2.06. The summed E-state index contributed by atoms with van der Waals surface area (Å²) in [7, 11) is 1.54. The van der Waals surface area contributed by atoms with Crippen molar-refractivity contribution in [2.75, 3.05) is 23.9 Å². The Morgan fingerprint density at radius 3 is 2.45 bits per heavy atom. The summed E-state index contributed by atoms with van der Waals surface area (Å²) in [5.74, 6) is -0.670. The van der Waals surface area contributed by atoms with Crippen molar-refractivity contribution in [1.82, 2.24) is 0 Å². The molecule has 5 heteroatoms. The van der Waals surface area contributed by atoms with Crippen LogP contribution in [-0.4, -0.2) is 25.5 Å². The smallest absolute Gasteiger partial charge is 0.316 e. The number of amides is 2. The third-order valence-corrected chi connectivity index (χ3v) is 3.15. The van der Waals surface area contributed by atoms with Crippen LogP contribution in [0.25, 0.3) is 0 Å². The summed E-state index contributed by atoms with van der Waals surface area (Å²) in [5.41, 5.74) is 1.21. The highest BCUT2D eigenvalue weighted by atomic mass is 16.5. The zero-order valence-corrected chi connectivity index (χ0v) is 12.6. The lowest BCUT2D eigenvalue weighted by Crippen LogP contribution is -2.39. The Kier molecular flexibility index (Phi) is 5.14. The van der Waals surface area contributed by atoms with Crippen molar-refractivity contribution in [3.8, 4) is 5.75 Å². The van der Waals surface area contributed by atoms with Crippen molar-refractivity contribution in [2.45, 2.75) is 6.92 Å². The number of ether oxygens (including phenoxy) is 1. The van der Waals surface area contributed by atoms with Gasteiger partial charge in [-0.25, -0.2) is 0 Å². The highest BCUT2D eigenvalue weighted by molar-refractivity contribution is 6.44. The number of hydrogen-bond acceptors (Lipinski definition) is 3. The normalized spacial score (nSPS) is 9.91. The largest absolute Gasteiger partial charge is 0.497 e.